The number of hydrogen-bond donors (Lipinski definition) is 1. The molecule has 0 heterocycles. The Morgan fingerprint density at radius 1 is 1.25 bits per heavy atom. The summed E-state index contributed by atoms with van der Waals surface area (Å²) >= 11 is 5.16. The topological polar surface area (TPSA) is 29.1 Å². The van der Waals surface area contributed by atoms with Crippen molar-refractivity contribution in [1.82, 2.24) is 0 Å². The molecular weight excluding hydrogens is 334 g/mol. The lowest BCUT2D eigenvalue weighted by Crippen LogP contribution is -2.13. The second-order valence-electron chi connectivity index (χ2n) is 4.37. The van der Waals surface area contributed by atoms with Crippen LogP contribution in [0.5, 0.6) is 0 Å². The lowest BCUT2D eigenvalue weighted by molar-refractivity contribution is 0.102. The molecule has 0 fully saturated rings. The van der Waals surface area contributed by atoms with Crippen molar-refractivity contribution in [2.24, 2.45) is 0 Å². The van der Waals surface area contributed by atoms with Crippen LogP contribution >= 0.6 is 27.7 Å². The number of nitrogens with one attached hydrogen (secondary N) is 1. The monoisotopic (exact) mass is 349 g/mol. The van der Waals surface area contributed by atoms with Crippen LogP contribution in [0.4, 0.5) is 5.69 Å². The van der Waals surface area contributed by atoms with Gasteiger partial charge in [-0.3, -0.25) is 4.79 Å². The Kier molecular flexibility index (Phi) is 5.26. The summed E-state index contributed by atoms with van der Waals surface area (Å²) in [5.74, 6) is 0.877. The van der Waals surface area contributed by atoms with Crippen LogP contribution in [0.15, 0.2) is 51.8 Å². The Balaban J connectivity index is 2.23. The van der Waals surface area contributed by atoms with Crippen molar-refractivity contribution >= 4 is 39.3 Å². The van der Waals surface area contributed by atoms with Crippen molar-refractivity contribution < 1.29 is 4.79 Å². The zero-order valence-corrected chi connectivity index (χ0v) is 13.8. The highest BCUT2D eigenvalue weighted by Gasteiger charge is 2.12. The number of amides is 1. The number of halogens is 1. The van der Waals surface area contributed by atoms with E-state index in [0.717, 1.165) is 26.4 Å². The molecule has 0 bridgehead atoms. The SMILES string of the molecule is CCSc1ccccc1NC(=O)c1ccc(C)cc1Br. The van der Waals surface area contributed by atoms with Crippen LogP contribution in [0.1, 0.15) is 22.8 Å². The summed E-state index contributed by atoms with van der Waals surface area (Å²) in [6, 6.07) is 13.6. The van der Waals surface area contributed by atoms with E-state index in [1.165, 1.54) is 0 Å². The lowest BCUT2D eigenvalue weighted by atomic mass is 10.1. The van der Waals surface area contributed by atoms with E-state index in [2.05, 4.69) is 28.2 Å². The van der Waals surface area contributed by atoms with Crippen LogP contribution in [-0.4, -0.2) is 11.7 Å². The van der Waals surface area contributed by atoms with Gasteiger partial charge < -0.3 is 5.32 Å². The molecule has 104 valence electrons. The molecule has 4 heteroatoms. The third-order valence-corrected chi connectivity index (χ3v) is 4.42. The predicted molar refractivity (Wildman–Crippen MR) is 89.7 cm³/mol. The van der Waals surface area contributed by atoms with Crippen molar-refractivity contribution in [1.29, 1.82) is 0 Å². The quantitative estimate of drug-likeness (QED) is 0.776. The highest BCUT2D eigenvalue weighted by molar-refractivity contribution is 9.10. The Morgan fingerprint density at radius 3 is 2.70 bits per heavy atom. The van der Waals surface area contributed by atoms with Gasteiger partial charge in [0.15, 0.2) is 0 Å². The van der Waals surface area contributed by atoms with E-state index >= 15 is 0 Å². The first-order valence-electron chi connectivity index (χ1n) is 6.41. The lowest BCUT2D eigenvalue weighted by Gasteiger charge is -2.11. The van der Waals surface area contributed by atoms with Gasteiger partial charge in [-0.15, -0.1) is 11.8 Å². The van der Waals surface area contributed by atoms with Crippen molar-refractivity contribution in [3.05, 3.63) is 58.1 Å². The van der Waals surface area contributed by atoms with E-state index in [9.17, 15) is 4.79 Å². The maximum Gasteiger partial charge on any atom is 0.256 e. The van der Waals surface area contributed by atoms with Crippen molar-refractivity contribution in [2.75, 3.05) is 11.1 Å². The van der Waals surface area contributed by atoms with Gasteiger partial charge in [-0.2, -0.15) is 0 Å². The summed E-state index contributed by atoms with van der Waals surface area (Å²) in [5, 5.41) is 2.98. The predicted octanol–water partition coefficient (Wildman–Crippen LogP) is 5.12. The molecule has 0 unspecified atom stereocenters. The minimum absolute atomic E-state index is 0.0963. The van der Waals surface area contributed by atoms with Crippen LogP contribution in [0, 0.1) is 6.92 Å². The number of para-hydroxylation sites is 1. The summed E-state index contributed by atoms with van der Waals surface area (Å²) in [4.78, 5) is 13.4. The molecule has 2 rings (SSSR count). The first-order chi connectivity index (χ1) is 9.61. The second-order valence-corrected chi connectivity index (χ2v) is 6.53. The fourth-order valence-corrected chi connectivity index (χ4v) is 3.28. The number of carbonyl (C=O) groups excluding carboxylic acids is 1. The molecule has 20 heavy (non-hydrogen) atoms. The second kappa shape index (κ2) is 6.95. The third kappa shape index (κ3) is 3.64. The van der Waals surface area contributed by atoms with Crippen LogP contribution < -0.4 is 5.32 Å². The molecule has 0 aliphatic rings. The standard InChI is InChI=1S/C16H16BrNOS/c1-3-20-15-7-5-4-6-14(15)18-16(19)12-9-8-11(2)10-13(12)17/h4-10H,3H2,1-2H3,(H,18,19). The first kappa shape index (κ1) is 15.1. The van der Waals surface area contributed by atoms with E-state index in [1.54, 1.807) is 11.8 Å². The maximum atomic E-state index is 12.4. The minimum atomic E-state index is -0.0963. The average Bonchev–Trinajstić information content (AvgIpc) is 2.41. The Bertz CT molecular complexity index is 628. The Morgan fingerprint density at radius 2 is 2.00 bits per heavy atom. The zero-order valence-electron chi connectivity index (χ0n) is 11.4. The third-order valence-electron chi connectivity index (χ3n) is 2.80. The summed E-state index contributed by atoms with van der Waals surface area (Å²) < 4.78 is 0.815. The van der Waals surface area contributed by atoms with E-state index in [0.29, 0.717) is 5.56 Å². The largest absolute Gasteiger partial charge is 0.321 e. The zero-order chi connectivity index (χ0) is 14.5. The molecule has 2 nitrogen and oxygen atoms in total. The number of aryl methyl sites for hydroxylation is 1. The molecule has 0 aromatic heterocycles. The Hall–Kier alpha value is -1.26. The molecule has 2 aromatic rings. The Labute approximate surface area is 132 Å². The van der Waals surface area contributed by atoms with Gasteiger partial charge in [-0.25, -0.2) is 0 Å². The number of benzene rings is 2. The molecule has 0 saturated carbocycles. The maximum absolute atomic E-state index is 12.4. The normalized spacial score (nSPS) is 10.3. The van der Waals surface area contributed by atoms with Gasteiger partial charge in [0.2, 0.25) is 0 Å². The summed E-state index contributed by atoms with van der Waals surface area (Å²) in [5.41, 5.74) is 2.62. The average molecular weight is 350 g/mol. The van der Waals surface area contributed by atoms with Crippen LogP contribution in [0.3, 0.4) is 0 Å². The number of anilines is 1. The molecule has 0 aliphatic heterocycles. The van der Waals surface area contributed by atoms with Gasteiger partial charge in [0.1, 0.15) is 0 Å². The molecule has 2 aromatic carbocycles. The van der Waals surface area contributed by atoms with Crippen molar-refractivity contribution in [3.63, 3.8) is 0 Å². The fraction of sp³-hybridized carbons (Fsp3) is 0.188. The number of hydrogen-bond acceptors (Lipinski definition) is 2. The van der Waals surface area contributed by atoms with E-state index in [4.69, 9.17) is 0 Å². The van der Waals surface area contributed by atoms with E-state index in [1.807, 2.05) is 49.4 Å². The van der Waals surface area contributed by atoms with E-state index in [-0.39, 0.29) is 5.91 Å². The molecule has 1 N–H and O–H groups in total. The van der Waals surface area contributed by atoms with Gasteiger partial charge in [-0.1, -0.05) is 25.1 Å². The number of carbonyl (C=O) groups is 1. The smallest absolute Gasteiger partial charge is 0.256 e. The van der Waals surface area contributed by atoms with Gasteiger partial charge in [0.25, 0.3) is 5.91 Å². The number of thioether (sulfide) groups is 1. The molecular formula is C16H16BrNOS. The van der Waals surface area contributed by atoms with E-state index < -0.39 is 0 Å². The fourth-order valence-electron chi connectivity index (χ4n) is 1.85. The van der Waals surface area contributed by atoms with Gasteiger partial charge in [0, 0.05) is 9.37 Å². The van der Waals surface area contributed by atoms with Gasteiger partial charge in [-0.05, 0) is 58.4 Å². The van der Waals surface area contributed by atoms with Crippen molar-refractivity contribution in [3.8, 4) is 0 Å². The molecule has 0 atom stereocenters. The van der Waals surface area contributed by atoms with Crippen molar-refractivity contribution in [2.45, 2.75) is 18.7 Å². The van der Waals surface area contributed by atoms with Gasteiger partial charge >= 0.3 is 0 Å². The molecule has 0 aliphatic carbocycles. The molecule has 0 saturated heterocycles. The highest BCUT2D eigenvalue weighted by atomic mass is 79.9. The summed E-state index contributed by atoms with van der Waals surface area (Å²) in [6.07, 6.45) is 0. The highest BCUT2D eigenvalue weighted by Crippen LogP contribution is 2.28. The molecule has 0 spiro atoms. The number of rotatable bonds is 4. The minimum Gasteiger partial charge on any atom is -0.321 e. The van der Waals surface area contributed by atoms with Crippen LogP contribution in [-0.2, 0) is 0 Å². The molecule has 1 amide bonds. The van der Waals surface area contributed by atoms with Crippen LogP contribution in [0.2, 0.25) is 0 Å². The van der Waals surface area contributed by atoms with Crippen LogP contribution in [0.25, 0.3) is 0 Å². The summed E-state index contributed by atoms with van der Waals surface area (Å²) in [7, 11) is 0. The first-order valence-corrected chi connectivity index (χ1v) is 8.19. The van der Waals surface area contributed by atoms with Gasteiger partial charge in [0.05, 0.1) is 11.3 Å². The molecule has 0 radical (unpaired) electrons. The summed E-state index contributed by atoms with van der Waals surface area (Å²) in [6.45, 7) is 4.10.